The summed E-state index contributed by atoms with van der Waals surface area (Å²) in [6.07, 6.45) is 2.52. The van der Waals surface area contributed by atoms with Gasteiger partial charge in [-0.15, -0.1) is 11.3 Å². The van der Waals surface area contributed by atoms with Crippen molar-refractivity contribution in [2.24, 2.45) is 0 Å². The molecule has 0 amide bonds. The lowest BCUT2D eigenvalue weighted by Crippen LogP contribution is -2.00. The number of aromatic amines is 2. The van der Waals surface area contributed by atoms with Crippen LogP contribution in [-0.2, 0) is 11.2 Å². The van der Waals surface area contributed by atoms with Crippen molar-refractivity contribution in [3.05, 3.63) is 20.7 Å². The van der Waals surface area contributed by atoms with Crippen molar-refractivity contribution in [2.45, 2.75) is 25.7 Å². The number of H-pyrrole nitrogens is 2. The van der Waals surface area contributed by atoms with Gasteiger partial charge in [0.25, 0.3) is 0 Å². The molecule has 0 aliphatic rings. The molecule has 0 aromatic carbocycles. The first-order valence-corrected chi connectivity index (χ1v) is 5.95. The third-order valence-corrected chi connectivity index (χ3v) is 3.44. The maximum atomic E-state index is 11.0. The van der Waals surface area contributed by atoms with Crippen LogP contribution in [0.15, 0.2) is 10.2 Å². The molecule has 0 saturated carbocycles. The Morgan fingerprint density at radius 1 is 1.38 bits per heavy atom. The van der Waals surface area contributed by atoms with Crippen molar-refractivity contribution >= 4 is 28.3 Å². The Morgan fingerprint density at radius 3 is 2.94 bits per heavy atom. The quantitative estimate of drug-likeness (QED) is 0.695. The number of carbonyl (C=O) groups is 1. The molecule has 0 aliphatic carbocycles. The number of thiophene rings is 1. The first-order chi connectivity index (χ1) is 7.66. The van der Waals surface area contributed by atoms with Crippen LogP contribution in [0, 0.1) is 0 Å². The highest BCUT2D eigenvalue weighted by molar-refractivity contribution is 7.11. The zero-order valence-electron chi connectivity index (χ0n) is 8.58. The molecule has 3 N–H and O–H groups in total. The lowest BCUT2D eigenvalue weighted by molar-refractivity contribution is -0.137. The predicted molar refractivity (Wildman–Crippen MR) is 62.0 cm³/mol. The number of aliphatic carboxylic acids is 1. The standard InChI is InChI=1S/C10H12N2O3S/c13-8(14)4-2-1-3-7-9-6(5-16-7)11-10(15)12-9/h5H,1-4H2,(H,13,14)(H2,11,12,15). The minimum absolute atomic E-state index is 0.190. The van der Waals surface area contributed by atoms with Crippen molar-refractivity contribution in [2.75, 3.05) is 0 Å². The molecule has 0 saturated heterocycles. The van der Waals surface area contributed by atoms with E-state index in [1.165, 1.54) is 0 Å². The van der Waals surface area contributed by atoms with Gasteiger partial charge in [-0.25, -0.2) is 4.79 Å². The van der Waals surface area contributed by atoms with E-state index < -0.39 is 5.97 Å². The molecule has 0 unspecified atom stereocenters. The van der Waals surface area contributed by atoms with Crippen LogP contribution in [0.1, 0.15) is 24.1 Å². The highest BCUT2D eigenvalue weighted by atomic mass is 32.1. The molecular weight excluding hydrogens is 228 g/mol. The summed E-state index contributed by atoms with van der Waals surface area (Å²) in [5.74, 6) is -0.758. The smallest absolute Gasteiger partial charge is 0.323 e. The Balaban J connectivity index is 1.98. The second-order valence-electron chi connectivity index (χ2n) is 3.63. The Morgan fingerprint density at radius 2 is 2.19 bits per heavy atom. The van der Waals surface area contributed by atoms with Gasteiger partial charge in [-0.05, 0) is 19.3 Å². The van der Waals surface area contributed by atoms with Gasteiger partial charge in [0.2, 0.25) is 0 Å². The van der Waals surface area contributed by atoms with Gasteiger partial charge in [-0.2, -0.15) is 0 Å². The molecule has 5 nitrogen and oxygen atoms in total. The molecule has 6 heteroatoms. The fourth-order valence-electron chi connectivity index (χ4n) is 1.64. The number of carboxylic acids is 1. The van der Waals surface area contributed by atoms with E-state index >= 15 is 0 Å². The Labute approximate surface area is 95.1 Å². The first-order valence-electron chi connectivity index (χ1n) is 5.07. The number of fused-ring (bicyclic) bond motifs is 1. The second kappa shape index (κ2) is 4.52. The number of unbranched alkanes of at least 4 members (excludes halogenated alkanes) is 1. The minimum atomic E-state index is -0.758. The largest absolute Gasteiger partial charge is 0.481 e. The minimum Gasteiger partial charge on any atom is -0.481 e. The maximum Gasteiger partial charge on any atom is 0.323 e. The van der Waals surface area contributed by atoms with Crippen molar-refractivity contribution < 1.29 is 9.90 Å². The van der Waals surface area contributed by atoms with Gasteiger partial charge in [0.15, 0.2) is 0 Å². The summed E-state index contributed by atoms with van der Waals surface area (Å²) in [7, 11) is 0. The molecule has 0 radical (unpaired) electrons. The summed E-state index contributed by atoms with van der Waals surface area (Å²) in [6, 6.07) is 0. The van der Waals surface area contributed by atoms with Gasteiger partial charge >= 0.3 is 11.7 Å². The van der Waals surface area contributed by atoms with E-state index in [0.29, 0.717) is 6.42 Å². The topological polar surface area (TPSA) is 85.9 Å². The number of aryl methyl sites for hydroxylation is 1. The fourth-order valence-corrected chi connectivity index (χ4v) is 2.62. The molecule has 2 aromatic rings. The Bertz CT molecular complexity index is 552. The van der Waals surface area contributed by atoms with E-state index in [1.807, 2.05) is 5.38 Å². The van der Waals surface area contributed by atoms with Crippen molar-refractivity contribution in [3.8, 4) is 0 Å². The van der Waals surface area contributed by atoms with Gasteiger partial charge < -0.3 is 15.1 Å². The summed E-state index contributed by atoms with van der Waals surface area (Å²) < 4.78 is 0. The number of aromatic nitrogens is 2. The molecule has 86 valence electrons. The molecule has 0 fully saturated rings. The number of rotatable bonds is 5. The zero-order chi connectivity index (χ0) is 11.5. The molecular formula is C10H12N2O3S. The molecule has 0 atom stereocenters. The van der Waals surface area contributed by atoms with Crippen LogP contribution in [0.2, 0.25) is 0 Å². The molecule has 2 heterocycles. The van der Waals surface area contributed by atoms with Crippen LogP contribution in [0.5, 0.6) is 0 Å². The normalized spacial score (nSPS) is 11.0. The molecule has 2 aromatic heterocycles. The predicted octanol–water partition coefficient (Wildman–Crippen LogP) is 1.72. The number of carboxylic acid groups (broad SMARTS) is 1. The molecule has 16 heavy (non-hydrogen) atoms. The lowest BCUT2D eigenvalue weighted by Gasteiger charge is -1.96. The van der Waals surface area contributed by atoms with Crippen LogP contribution in [-0.4, -0.2) is 21.0 Å². The molecule has 0 spiro atoms. The number of hydrogen-bond donors (Lipinski definition) is 3. The van der Waals surface area contributed by atoms with E-state index in [9.17, 15) is 9.59 Å². The van der Waals surface area contributed by atoms with Crippen LogP contribution < -0.4 is 5.69 Å². The fraction of sp³-hybridized carbons (Fsp3) is 0.400. The van der Waals surface area contributed by atoms with Crippen LogP contribution >= 0.6 is 11.3 Å². The maximum absolute atomic E-state index is 11.0. The van der Waals surface area contributed by atoms with Gasteiger partial charge in [0.1, 0.15) is 0 Å². The van der Waals surface area contributed by atoms with E-state index in [-0.39, 0.29) is 12.1 Å². The van der Waals surface area contributed by atoms with Gasteiger partial charge in [-0.1, -0.05) is 0 Å². The van der Waals surface area contributed by atoms with Gasteiger partial charge in [0.05, 0.1) is 11.0 Å². The van der Waals surface area contributed by atoms with Crippen molar-refractivity contribution in [1.82, 2.24) is 9.97 Å². The van der Waals surface area contributed by atoms with E-state index in [2.05, 4.69) is 9.97 Å². The Kier molecular flexibility index (Phi) is 3.09. The zero-order valence-corrected chi connectivity index (χ0v) is 9.39. The summed E-state index contributed by atoms with van der Waals surface area (Å²) in [6.45, 7) is 0. The molecule has 2 rings (SSSR count). The monoisotopic (exact) mass is 240 g/mol. The third kappa shape index (κ3) is 2.33. The van der Waals surface area contributed by atoms with E-state index in [1.54, 1.807) is 11.3 Å². The number of nitrogens with one attached hydrogen (secondary N) is 2. The van der Waals surface area contributed by atoms with Crippen LogP contribution in [0.25, 0.3) is 11.0 Å². The summed E-state index contributed by atoms with van der Waals surface area (Å²) in [5, 5.41) is 10.4. The van der Waals surface area contributed by atoms with Crippen LogP contribution in [0.4, 0.5) is 0 Å². The molecule has 0 bridgehead atoms. The van der Waals surface area contributed by atoms with Crippen molar-refractivity contribution in [1.29, 1.82) is 0 Å². The Hall–Kier alpha value is -1.56. The second-order valence-corrected chi connectivity index (χ2v) is 4.59. The molecule has 0 aliphatic heterocycles. The first kappa shape index (κ1) is 10.9. The number of hydrogen-bond acceptors (Lipinski definition) is 3. The van der Waals surface area contributed by atoms with E-state index in [0.717, 1.165) is 28.8 Å². The number of imidazole rings is 1. The highest BCUT2D eigenvalue weighted by Crippen LogP contribution is 2.23. The average molecular weight is 240 g/mol. The third-order valence-electron chi connectivity index (χ3n) is 2.40. The summed E-state index contributed by atoms with van der Waals surface area (Å²) in [4.78, 5) is 27.9. The SMILES string of the molecule is O=C(O)CCCCc1scc2[nH]c(=O)[nH]c12. The van der Waals surface area contributed by atoms with Crippen LogP contribution in [0.3, 0.4) is 0 Å². The average Bonchev–Trinajstić information content (AvgIpc) is 2.72. The van der Waals surface area contributed by atoms with Crippen molar-refractivity contribution in [3.63, 3.8) is 0 Å². The summed E-state index contributed by atoms with van der Waals surface area (Å²) >= 11 is 1.59. The highest BCUT2D eigenvalue weighted by Gasteiger charge is 2.07. The van der Waals surface area contributed by atoms with Gasteiger partial charge in [-0.3, -0.25) is 4.79 Å². The van der Waals surface area contributed by atoms with E-state index in [4.69, 9.17) is 5.11 Å². The van der Waals surface area contributed by atoms with Gasteiger partial charge in [0, 0.05) is 16.7 Å². The summed E-state index contributed by atoms with van der Waals surface area (Å²) in [5.41, 5.74) is 1.51. The lowest BCUT2D eigenvalue weighted by atomic mass is 10.1.